The molecule has 0 saturated carbocycles. The van der Waals surface area contributed by atoms with Gasteiger partial charge in [0.05, 0.1) is 20.3 Å². The number of ether oxygens (including phenoxy) is 1. The molecule has 1 heterocycles. The Morgan fingerprint density at radius 2 is 2.36 bits per heavy atom. The van der Waals surface area contributed by atoms with Gasteiger partial charge in [0.2, 0.25) is 0 Å². The molecule has 3 nitrogen and oxygen atoms in total. The smallest absolute Gasteiger partial charge is 0.319 e. The van der Waals surface area contributed by atoms with Gasteiger partial charge in [0.15, 0.2) is 0 Å². The molecule has 1 aliphatic rings. The summed E-state index contributed by atoms with van der Waals surface area (Å²) in [5, 5.41) is 0. The average Bonchev–Trinajstić information content (AvgIpc) is 1.95. The van der Waals surface area contributed by atoms with Crippen molar-refractivity contribution in [3.05, 3.63) is 0 Å². The molecule has 0 radical (unpaired) electrons. The van der Waals surface area contributed by atoms with Crippen LogP contribution in [0.1, 0.15) is 0 Å². The maximum absolute atomic E-state index is 11.9. The maximum Gasteiger partial charge on any atom is 0.319 e. The van der Waals surface area contributed by atoms with Gasteiger partial charge in [0, 0.05) is 19.0 Å². The van der Waals surface area contributed by atoms with Gasteiger partial charge in [-0.15, -0.1) is 0 Å². The number of carbonyl (C=O) groups excluding carboxylic acids is 1. The molecule has 11 heavy (non-hydrogen) atoms. The molecule has 64 valence electrons. The van der Waals surface area contributed by atoms with Gasteiger partial charge < -0.3 is 4.74 Å². The first-order chi connectivity index (χ1) is 5.26. The molecule has 1 saturated heterocycles. The minimum atomic E-state index is -0.280. The summed E-state index contributed by atoms with van der Waals surface area (Å²) in [5.41, 5.74) is 0. The van der Waals surface area contributed by atoms with Gasteiger partial charge in [-0.1, -0.05) is 0 Å². The van der Waals surface area contributed by atoms with E-state index in [0.29, 0.717) is 19.6 Å². The summed E-state index contributed by atoms with van der Waals surface area (Å²) in [5.74, 6) is -0.109. The Balaban J connectivity index is 2.08. The molecule has 0 aromatic heterocycles. The number of nitrogens with zero attached hydrogens (tertiary/aromatic N) is 1. The van der Waals surface area contributed by atoms with Gasteiger partial charge in [0.25, 0.3) is 0 Å². The molecular formula is C7H12FNO2. The number of rotatable bonds is 3. The van der Waals surface area contributed by atoms with Crippen LogP contribution in [0.25, 0.3) is 0 Å². The highest BCUT2D eigenvalue weighted by Gasteiger charge is 2.27. The third-order valence-electron chi connectivity index (χ3n) is 1.83. The number of hydrogen-bond acceptors (Lipinski definition) is 3. The van der Waals surface area contributed by atoms with E-state index in [1.165, 1.54) is 7.11 Å². The predicted molar refractivity (Wildman–Crippen MR) is 37.9 cm³/mol. The molecule has 1 fully saturated rings. The fourth-order valence-electron chi connectivity index (χ4n) is 1.15. The number of halogens is 1. The van der Waals surface area contributed by atoms with Crippen molar-refractivity contribution >= 4 is 5.97 Å². The van der Waals surface area contributed by atoms with Crippen LogP contribution in [0, 0.1) is 5.92 Å². The van der Waals surface area contributed by atoms with Crippen LogP contribution in [0.5, 0.6) is 0 Å². The summed E-state index contributed by atoms with van der Waals surface area (Å²) < 4.78 is 16.3. The third-order valence-corrected chi connectivity index (χ3v) is 1.83. The van der Waals surface area contributed by atoms with E-state index in [1.54, 1.807) is 0 Å². The monoisotopic (exact) mass is 161 g/mol. The summed E-state index contributed by atoms with van der Waals surface area (Å²) in [6.45, 7) is 1.39. The van der Waals surface area contributed by atoms with Gasteiger partial charge in [-0.25, -0.2) is 0 Å². The van der Waals surface area contributed by atoms with Crippen molar-refractivity contribution in [1.29, 1.82) is 0 Å². The van der Waals surface area contributed by atoms with Crippen LogP contribution in [0.4, 0.5) is 4.39 Å². The molecule has 0 unspecified atom stereocenters. The molecule has 0 aromatic carbocycles. The fourth-order valence-corrected chi connectivity index (χ4v) is 1.15. The zero-order valence-electron chi connectivity index (χ0n) is 6.55. The normalized spacial score (nSPS) is 19.5. The minimum Gasteiger partial charge on any atom is -0.468 e. The molecule has 0 N–H and O–H groups in total. The lowest BCUT2D eigenvalue weighted by Crippen LogP contribution is -2.49. The Bertz CT molecular complexity index is 145. The minimum absolute atomic E-state index is 0.139. The largest absolute Gasteiger partial charge is 0.468 e. The topological polar surface area (TPSA) is 29.5 Å². The Labute approximate surface area is 65.1 Å². The summed E-state index contributed by atoms with van der Waals surface area (Å²) in [6.07, 6.45) is 0. The summed E-state index contributed by atoms with van der Waals surface area (Å²) in [7, 11) is 1.36. The first-order valence-corrected chi connectivity index (χ1v) is 3.61. The number of carbonyl (C=O) groups is 1. The van der Waals surface area contributed by atoms with Crippen LogP contribution in [0.2, 0.25) is 0 Å². The quantitative estimate of drug-likeness (QED) is 0.548. The van der Waals surface area contributed by atoms with Crippen molar-refractivity contribution in [2.24, 2.45) is 5.92 Å². The summed E-state index contributed by atoms with van der Waals surface area (Å²) >= 11 is 0. The van der Waals surface area contributed by atoms with Crippen LogP contribution in [0.3, 0.4) is 0 Å². The molecule has 0 atom stereocenters. The molecule has 0 amide bonds. The Hall–Kier alpha value is -0.640. The number of likely N-dealkylation sites (tertiary alicyclic amines) is 1. The second kappa shape index (κ2) is 3.67. The average molecular weight is 161 g/mol. The van der Waals surface area contributed by atoms with E-state index in [4.69, 9.17) is 0 Å². The standard InChI is InChI=1S/C7H12FNO2/c1-11-7(10)5-9-3-6(2-8)4-9/h6H,2-5H2,1H3. The Morgan fingerprint density at radius 3 is 2.82 bits per heavy atom. The van der Waals surface area contributed by atoms with Gasteiger partial charge in [-0.05, 0) is 0 Å². The molecule has 0 bridgehead atoms. The lowest BCUT2D eigenvalue weighted by molar-refractivity contribution is -0.143. The van der Waals surface area contributed by atoms with Crippen molar-refractivity contribution in [2.75, 3.05) is 33.4 Å². The van der Waals surface area contributed by atoms with E-state index >= 15 is 0 Å². The van der Waals surface area contributed by atoms with Gasteiger partial charge >= 0.3 is 5.97 Å². The van der Waals surface area contributed by atoms with Crippen molar-refractivity contribution in [1.82, 2.24) is 4.90 Å². The molecule has 0 aromatic rings. The van der Waals surface area contributed by atoms with Crippen LogP contribution >= 0.6 is 0 Å². The maximum atomic E-state index is 11.9. The first-order valence-electron chi connectivity index (χ1n) is 3.61. The number of alkyl halides is 1. The van der Waals surface area contributed by atoms with Crippen molar-refractivity contribution < 1.29 is 13.9 Å². The van der Waals surface area contributed by atoms with E-state index in [1.807, 2.05) is 4.90 Å². The number of esters is 1. The van der Waals surface area contributed by atoms with Crippen LogP contribution in [0.15, 0.2) is 0 Å². The second-order valence-electron chi connectivity index (χ2n) is 2.79. The van der Waals surface area contributed by atoms with E-state index < -0.39 is 0 Å². The molecule has 0 aliphatic carbocycles. The summed E-state index contributed by atoms with van der Waals surface area (Å²) in [4.78, 5) is 12.5. The van der Waals surface area contributed by atoms with E-state index in [9.17, 15) is 9.18 Å². The fraction of sp³-hybridized carbons (Fsp3) is 0.857. The Kier molecular flexibility index (Phi) is 2.82. The van der Waals surface area contributed by atoms with Crippen LogP contribution in [-0.4, -0.2) is 44.3 Å². The van der Waals surface area contributed by atoms with Crippen LogP contribution in [-0.2, 0) is 9.53 Å². The highest BCUT2D eigenvalue weighted by Crippen LogP contribution is 2.14. The highest BCUT2D eigenvalue weighted by atomic mass is 19.1. The molecular weight excluding hydrogens is 149 g/mol. The van der Waals surface area contributed by atoms with Crippen molar-refractivity contribution in [3.63, 3.8) is 0 Å². The summed E-state index contributed by atoms with van der Waals surface area (Å²) in [6, 6.07) is 0. The third kappa shape index (κ3) is 2.15. The lowest BCUT2D eigenvalue weighted by Gasteiger charge is -2.36. The van der Waals surface area contributed by atoms with Gasteiger partial charge in [-0.2, -0.15) is 0 Å². The van der Waals surface area contributed by atoms with E-state index in [2.05, 4.69) is 4.74 Å². The lowest BCUT2D eigenvalue weighted by atomic mass is 10.0. The molecule has 4 heteroatoms. The van der Waals surface area contributed by atoms with E-state index in [0.717, 1.165) is 0 Å². The zero-order valence-corrected chi connectivity index (χ0v) is 6.55. The molecule has 1 rings (SSSR count). The van der Waals surface area contributed by atoms with Crippen LogP contribution < -0.4 is 0 Å². The van der Waals surface area contributed by atoms with Gasteiger partial charge in [0.1, 0.15) is 0 Å². The Morgan fingerprint density at radius 1 is 1.73 bits per heavy atom. The van der Waals surface area contributed by atoms with Crippen molar-refractivity contribution in [2.45, 2.75) is 0 Å². The van der Waals surface area contributed by atoms with Crippen molar-refractivity contribution in [3.8, 4) is 0 Å². The second-order valence-corrected chi connectivity index (χ2v) is 2.79. The highest BCUT2D eigenvalue weighted by molar-refractivity contribution is 5.71. The van der Waals surface area contributed by atoms with E-state index in [-0.39, 0.29) is 18.6 Å². The predicted octanol–water partition coefficient (Wildman–Crippen LogP) is 0.0607. The van der Waals surface area contributed by atoms with Gasteiger partial charge in [-0.3, -0.25) is 14.1 Å². The molecule has 1 aliphatic heterocycles. The number of hydrogen-bond donors (Lipinski definition) is 0. The molecule has 0 spiro atoms. The number of methoxy groups -OCH3 is 1. The SMILES string of the molecule is COC(=O)CN1CC(CF)C1. The zero-order chi connectivity index (χ0) is 8.27. The first kappa shape index (κ1) is 8.46.